The molecule has 2 unspecified atom stereocenters. The molecule has 0 amide bonds. The average molecular weight is 323 g/mol. The minimum atomic E-state index is 0.401. The minimum Gasteiger partial charge on any atom is -0.448 e. The lowest BCUT2D eigenvalue weighted by Crippen LogP contribution is -3.23. The maximum atomic E-state index is 6.05. The van der Waals surface area contributed by atoms with Crippen molar-refractivity contribution in [1.29, 1.82) is 0 Å². The van der Waals surface area contributed by atoms with Gasteiger partial charge in [0.2, 0.25) is 5.76 Å². The Hall–Kier alpha value is -1.10. The maximum absolute atomic E-state index is 6.05. The summed E-state index contributed by atoms with van der Waals surface area (Å²) < 4.78 is 7.14. The lowest BCUT2D eigenvalue weighted by atomic mass is 10.2. The van der Waals surface area contributed by atoms with Gasteiger partial charge in [-0.15, -0.1) is 0 Å². The summed E-state index contributed by atoms with van der Waals surface area (Å²) in [4.78, 5) is 1.52. The van der Waals surface area contributed by atoms with Gasteiger partial charge >= 0.3 is 0 Å². The van der Waals surface area contributed by atoms with Gasteiger partial charge < -0.3 is 4.42 Å². The highest BCUT2D eigenvalue weighted by Crippen LogP contribution is 2.24. The topological polar surface area (TPSA) is 34.2 Å². The summed E-state index contributed by atoms with van der Waals surface area (Å²) in [6.07, 6.45) is 1.68. The van der Waals surface area contributed by atoms with Crippen molar-refractivity contribution in [3.63, 3.8) is 0 Å². The van der Waals surface area contributed by atoms with E-state index in [9.17, 15) is 0 Å². The van der Waals surface area contributed by atoms with Crippen LogP contribution in [0.15, 0.2) is 45.3 Å². The molecule has 3 nitrogen and oxygen atoms in total. The molecule has 1 aliphatic heterocycles. The number of benzene rings is 1. The predicted molar refractivity (Wildman–Crippen MR) is 77.7 cm³/mol. The summed E-state index contributed by atoms with van der Waals surface area (Å²) in [5, 5.41) is 2.38. The summed E-state index contributed by atoms with van der Waals surface area (Å²) in [5.41, 5.74) is 1.13. The summed E-state index contributed by atoms with van der Waals surface area (Å²) in [6.45, 7) is 2.41. The molecule has 2 aromatic rings. The van der Waals surface area contributed by atoms with Gasteiger partial charge in [-0.2, -0.15) is 0 Å². The molecule has 19 heavy (non-hydrogen) atoms. The number of furan rings is 1. The van der Waals surface area contributed by atoms with E-state index in [0.29, 0.717) is 6.17 Å². The van der Waals surface area contributed by atoms with E-state index in [-0.39, 0.29) is 0 Å². The first-order valence-electron chi connectivity index (χ1n) is 6.75. The molecule has 1 aromatic heterocycles. The molecule has 3 N–H and O–H groups in total. The van der Waals surface area contributed by atoms with Crippen molar-refractivity contribution in [3.05, 3.63) is 46.6 Å². The van der Waals surface area contributed by atoms with Gasteiger partial charge in [0, 0.05) is 16.5 Å². The van der Waals surface area contributed by atoms with E-state index in [1.807, 2.05) is 12.1 Å². The molecule has 4 heteroatoms. The van der Waals surface area contributed by atoms with Crippen LogP contribution in [0.5, 0.6) is 0 Å². The molecular weight excluding hydrogens is 304 g/mol. The van der Waals surface area contributed by atoms with Crippen LogP contribution < -0.4 is 10.2 Å². The van der Waals surface area contributed by atoms with Gasteiger partial charge in [0.15, 0.2) is 0 Å². The van der Waals surface area contributed by atoms with Crippen molar-refractivity contribution in [3.8, 4) is 11.3 Å². The van der Waals surface area contributed by atoms with Gasteiger partial charge in [0.05, 0.1) is 20.1 Å². The Morgan fingerprint density at radius 3 is 2.74 bits per heavy atom. The molecule has 3 rings (SSSR count). The van der Waals surface area contributed by atoms with E-state index in [0.717, 1.165) is 21.6 Å². The first kappa shape index (κ1) is 12.9. The zero-order valence-electron chi connectivity index (χ0n) is 11.0. The van der Waals surface area contributed by atoms with Crippen LogP contribution in [0, 0.1) is 0 Å². The standard InChI is InChI=1S/C15H17BrN2O/c1-18-10-2-9-17-15(18)14-8-7-13(19-14)11-3-5-12(16)6-4-11/h3-8,15,17H,2,9-10H2,1H3/p+2. The highest BCUT2D eigenvalue weighted by Gasteiger charge is 2.30. The van der Waals surface area contributed by atoms with E-state index in [4.69, 9.17) is 4.42 Å². The average Bonchev–Trinajstić information content (AvgIpc) is 2.89. The molecule has 100 valence electrons. The van der Waals surface area contributed by atoms with Gasteiger partial charge in [0.1, 0.15) is 5.76 Å². The van der Waals surface area contributed by atoms with Crippen LogP contribution in [-0.2, 0) is 0 Å². The SMILES string of the molecule is C[NH+]1CCC[NH2+]C1c1ccc(-c2ccc(Br)cc2)o1. The van der Waals surface area contributed by atoms with Crippen molar-refractivity contribution in [2.75, 3.05) is 20.1 Å². The highest BCUT2D eigenvalue weighted by molar-refractivity contribution is 9.10. The number of nitrogens with two attached hydrogens (primary N) is 1. The zero-order valence-corrected chi connectivity index (χ0v) is 12.6. The molecule has 0 radical (unpaired) electrons. The first-order valence-corrected chi connectivity index (χ1v) is 7.54. The third-order valence-corrected chi connectivity index (χ3v) is 4.30. The first-order chi connectivity index (χ1) is 9.24. The van der Waals surface area contributed by atoms with Gasteiger partial charge in [-0.25, -0.2) is 0 Å². The van der Waals surface area contributed by atoms with Gasteiger partial charge in [-0.05, 0) is 24.3 Å². The fourth-order valence-corrected chi connectivity index (χ4v) is 2.93. The van der Waals surface area contributed by atoms with Crippen molar-refractivity contribution < 1.29 is 14.6 Å². The lowest BCUT2D eigenvalue weighted by Gasteiger charge is -2.25. The molecule has 0 aliphatic carbocycles. The Morgan fingerprint density at radius 2 is 2.00 bits per heavy atom. The van der Waals surface area contributed by atoms with Crippen LogP contribution in [0.4, 0.5) is 0 Å². The Kier molecular flexibility index (Phi) is 3.73. The van der Waals surface area contributed by atoms with Crippen molar-refractivity contribution in [2.24, 2.45) is 0 Å². The molecule has 1 aromatic carbocycles. The molecule has 2 atom stereocenters. The van der Waals surface area contributed by atoms with Crippen LogP contribution in [0.25, 0.3) is 11.3 Å². The van der Waals surface area contributed by atoms with E-state index < -0.39 is 0 Å². The fourth-order valence-electron chi connectivity index (χ4n) is 2.67. The number of hydrogen-bond donors (Lipinski definition) is 2. The van der Waals surface area contributed by atoms with Gasteiger partial charge in [-0.3, -0.25) is 10.2 Å². The van der Waals surface area contributed by atoms with E-state index in [2.05, 4.69) is 52.6 Å². The second-order valence-electron chi connectivity index (χ2n) is 5.16. The minimum absolute atomic E-state index is 0.401. The zero-order chi connectivity index (χ0) is 13.2. The number of hydrogen-bond acceptors (Lipinski definition) is 1. The molecule has 0 bridgehead atoms. The van der Waals surface area contributed by atoms with Crippen LogP contribution in [-0.4, -0.2) is 20.1 Å². The third kappa shape index (κ3) is 2.76. The number of rotatable bonds is 2. The number of quaternary nitrogens is 2. The molecule has 2 heterocycles. The molecule has 0 saturated carbocycles. The number of nitrogens with one attached hydrogen (secondary N) is 1. The monoisotopic (exact) mass is 322 g/mol. The molecular formula is C15H19BrN2O+2. The molecule has 1 saturated heterocycles. The van der Waals surface area contributed by atoms with Crippen molar-refractivity contribution in [1.82, 2.24) is 0 Å². The lowest BCUT2D eigenvalue weighted by molar-refractivity contribution is -1.05. The summed E-state index contributed by atoms with van der Waals surface area (Å²) in [7, 11) is 2.24. The van der Waals surface area contributed by atoms with E-state index >= 15 is 0 Å². The third-order valence-electron chi connectivity index (χ3n) is 3.77. The van der Waals surface area contributed by atoms with Crippen LogP contribution in [0.1, 0.15) is 18.3 Å². The quantitative estimate of drug-likeness (QED) is 0.855. The van der Waals surface area contributed by atoms with E-state index in [1.165, 1.54) is 24.4 Å². The second kappa shape index (κ2) is 5.49. The Morgan fingerprint density at radius 1 is 1.21 bits per heavy atom. The Balaban J connectivity index is 1.84. The predicted octanol–water partition coefficient (Wildman–Crippen LogP) is 1.19. The second-order valence-corrected chi connectivity index (χ2v) is 6.08. The van der Waals surface area contributed by atoms with Crippen LogP contribution >= 0.6 is 15.9 Å². The molecule has 1 fully saturated rings. The summed E-state index contributed by atoms with van der Waals surface area (Å²) in [6, 6.07) is 12.4. The van der Waals surface area contributed by atoms with Crippen molar-refractivity contribution >= 4 is 15.9 Å². The summed E-state index contributed by atoms with van der Waals surface area (Å²) >= 11 is 3.45. The number of halogens is 1. The highest BCUT2D eigenvalue weighted by atomic mass is 79.9. The summed E-state index contributed by atoms with van der Waals surface area (Å²) in [5.74, 6) is 2.03. The molecule has 1 aliphatic rings. The van der Waals surface area contributed by atoms with Crippen molar-refractivity contribution in [2.45, 2.75) is 12.6 Å². The fraction of sp³-hybridized carbons (Fsp3) is 0.333. The largest absolute Gasteiger partial charge is 0.448 e. The Labute approximate surface area is 121 Å². The smallest absolute Gasteiger partial charge is 0.271 e. The van der Waals surface area contributed by atoms with Gasteiger partial charge in [0.25, 0.3) is 6.17 Å². The molecule has 0 spiro atoms. The van der Waals surface area contributed by atoms with E-state index in [1.54, 1.807) is 0 Å². The maximum Gasteiger partial charge on any atom is 0.271 e. The van der Waals surface area contributed by atoms with Crippen LogP contribution in [0.2, 0.25) is 0 Å². The van der Waals surface area contributed by atoms with Crippen LogP contribution in [0.3, 0.4) is 0 Å². The Bertz CT molecular complexity index is 550. The van der Waals surface area contributed by atoms with Gasteiger partial charge in [-0.1, -0.05) is 28.1 Å². The normalized spacial score (nSPS) is 23.5.